The summed E-state index contributed by atoms with van der Waals surface area (Å²) in [4.78, 5) is 2.68. The predicted octanol–water partition coefficient (Wildman–Crippen LogP) is 2.17. The third kappa shape index (κ3) is 2.82. The number of likely N-dealkylation sites (tertiary alicyclic amines) is 1. The van der Waals surface area contributed by atoms with Crippen molar-refractivity contribution in [3.05, 3.63) is 12.2 Å². The average molecular weight is 208 g/mol. The fourth-order valence-corrected chi connectivity index (χ4v) is 2.96. The van der Waals surface area contributed by atoms with Gasteiger partial charge in [-0.05, 0) is 52.1 Å². The van der Waals surface area contributed by atoms with Crippen molar-refractivity contribution in [2.24, 2.45) is 0 Å². The molecule has 2 aliphatic heterocycles. The second-order valence-electron chi connectivity index (χ2n) is 5.16. The van der Waals surface area contributed by atoms with Gasteiger partial charge in [-0.15, -0.1) is 6.58 Å². The molecule has 0 aromatic heterocycles. The highest BCUT2D eigenvalue weighted by molar-refractivity contribution is 4.95. The molecule has 2 saturated heterocycles. The van der Waals surface area contributed by atoms with E-state index in [1.807, 2.05) is 0 Å². The van der Waals surface area contributed by atoms with Crippen LogP contribution in [-0.4, -0.2) is 36.6 Å². The molecule has 0 amide bonds. The Morgan fingerprint density at radius 3 is 2.93 bits per heavy atom. The molecule has 0 radical (unpaired) electrons. The highest BCUT2D eigenvalue weighted by Gasteiger charge is 2.32. The molecule has 2 unspecified atom stereocenters. The van der Waals surface area contributed by atoms with Crippen molar-refractivity contribution >= 4 is 0 Å². The van der Waals surface area contributed by atoms with Crippen molar-refractivity contribution in [1.82, 2.24) is 10.2 Å². The Kier molecular flexibility index (Phi) is 3.81. The zero-order valence-corrected chi connectivity index (χ0v) is 9.97. The van der Waals surface area contributed by atoms with E-state index < -0.39 is 0 Å². The van der Waals surface area contributed by atoms with Gasteiger partial charge in [-0.1, -0.05) is 5.57 Å². The van der Waals surface area contributed by atoms with Gasteiger partial charge in [-0.3, -0.25) is 4.90 Å². The van der Waals surface area contributed by atoms with Crippen LogP contribution in [0.2, 0.25) is 0 Å². The van der Waals surface area contributed by atoms with Crippen molar-refractivity contribution in [3.8, 4) is 0 Å². The highest BCUT2D eigenvalue weighted by atomic mass is 15.2. The second kappa shape index (κ2) is 5.13. The van der Waals surface area contributed by atoms with Crippen LogP contribution >= 0.6 is 0 Å². The number of nitrogens with one attached hydrogen (secondary N) is 1. The molecule has 2 rings (SSSR count). The summed E-state index contributed by atoms with van der Waals surface area (Å²) in [5.74, 6) is 0. The molecule has 86 valence electrons. The molecule has 2 atom stereocenters. The van der Waals surface area contributed by atoms with Crippen molar-refractivity contribution in [3.63, 3.8) is 0 Å². The minimum absolute atomic E-state index is 0.776. The largest absolute Gasteiger partial charge is 0.312 e. The molecule has 0 aromatic rings. The Labute approximate surface area is 93.7 Å². The molecule has 15 heavy (non-hydrogen) atoms. The van der Waals surface area contributed by atoms with Crippen LogP contribution < -0.4 is 5.32 Å². The average Bonchev–Trinajstić information content (AvgIpc) is 2.85. The summed E-state index contributed by atoms with van der Waals surface area (Å²) < 4.78 is 0. The van der Waals surface area contributed by atoms with Gasteiger partial charge in [-0.25, -0.2) is 0 Å². The van der Waals surface area contributed by atoms with Crippen LogP contribution in [0.4, 0.5) is 0 Å². The van der Waals surface area contributed by atoms with Gasteiger partial charge >= 0.3 is 0 Å². The summed E-state index contributed by atoms with van der Waals surface area (Å²) >= 11 is 0. The molecule has 0 aromatic carbocycles. The normalized spacial score (nSPS) is 32.3. The topological polar surface area (TPSA) is 15.3 Å². The van der Waals surface area contributed by atoms with Gasteiger partial charge in [-0.2, -0.15) is 0 Å². The summed E-state index contributed by atoms with van der Waals surface area (Å²) in [6.07, 6.45) is 6.71. The van der Waals surface area contributed by atoms with E-state index in [1.54, 1.807) is 0 Å². The van der Waals surface area contributed by atoms with Gasteiger partial charge in [0, 0.05) is 18.6 Å². The van der Waals surface area contributed by atoms with Crippen LogP contribution in [0.15, 0.2) is 12.2 Å². The third-order valence-corrected chi connectivity index (χ3v) is 3.80. The first-order valence-electron chi connectivity index (χ1n) is 6.39. The fourth-order valence-electron chi connectivity index (χ4n) is 2.96. The lowest BCUT2D eigenvalue weighted by molar-refractivity contribution is 0.216. The molecule has 0 bridgehead atoms. The number of hydrogen-bond acceptors (Lipinski definition) is 2. The lowest BCUT2D eigenvalue weighted by Gasteiger charge is -2.29. The zero-order valence-electron chi connectivity index (χ0n) is 9.97. The number of rotatable bonds is 4. The summed E-state index contributed by atoms with van der Waals surface area (Å²) in [5, 5.41) is 3.65. The Hall–Kier alpha value is -0.340. The molecule has 2 nitrogen and oxygen atoms in total. The molecule has 0 spiro atoms. The fraction of sp³-hybridized carbons (Fsp3) is 0.846. The van der Waals surface area contributed by atoms with E-state index in [-0.39, 0.29) is 0 Å². The van der Waals surface area contributed by atoms with E-state index in [9.17, 15) is 0 Å². The number of hydrogen-bond donors (Lipinski definition) is 1. The Bertz CT molecular complexity index is 219. The first-order chi connectivity index (χ1) is 7.27. The van der Waals surface area contributed by atoms with Crippen LogP contribution in [0.25, 0.3) is 0 Å². The van der Waals surface area contributed by atoms with E-state index in [4.69, 9.17) is 0 Å². The van der Waals surface area contributed by atoms with Crippen molar-refractivity contribution in [1.29, 1.82) is 0 Å². The quantitative estimate of drug-likeness (QED) is 0.712. The zero-order chi connectivity index (χ0) is 10.7. The SMILES string of the molecule is C=C(C)CCN1CCCC1C1CCCN1. The molecule has 0 saturated carbocycles. The smallest absolute Gasteiger partial charge is 0.0249 e. The maximum absolute atomic E-state index is 4.00. The van der Waals surface area contributed by atoms with E-state index in [0.717, 1.165) is 12.1 Å². The standard InChI is InChI=1S/C13H24N2/c1-11(2)7-10-15-9-4-6-13(15)12-5-3-8-14-12/h12-14H,1,3-10H2,2H3. The van der Waals surface area contributed by atoms with Crippen LogP contribution in [0.3, 0.4) is 0 Å². The molecule has 0 aliphatic carbocycles. The maximum atomic E-state index is 4.00. The third-order valence-electron chi connectivity index (χ3n) is 3.80. The molecular formula is C13H24N2. The van der Waals surface area contributed by atoms with Crippen molar-refractivity contribution < 1.29 is 0 Å². The van der Waals surface area contributed by atoms with E-state index in [2.05, 4.69) is 23.7 Å². The first-order valence-corrected chi connectivity index (χ1v) is 6.39. The van der Waals surface area contributed by atoms with Gasteiger partial charge in [0.05, 0.1) is 0 Å². The van der Waals surface area contributed by atoms with E-state index >= 15 is 0 Å². The summed E-state index contributed by atoms with van der Waals surface area (Å²) in [6.45, 7) is 9.89. The molecule has 2 heterocycles. The molecular weight excluding hydrogens is 184 g/mol. The molecule has 2 fully saturated rings. The summed E-state index contributed by atoms with van der Waals surface area (Å²) in [5.41, 5.74) is 1.32. The second-order valence-corrected chi connectivity index (χ2v) is 5.16. The van der Waals surface area contributed by atoms with Gasteiger partial charge < -0.3 is 5.32 Å². The Balaban J connectivity index is 1.84. The van der Waals surface area contributed by atoms with Crippen LogP contribution in [0.1, 0.15) is 39.0 Å². The molecule has 2 aliphatic rings. The van der Waals surface area contributed by atoms with Crippen molar-refractivity contribution in [2.45, 2.75) is 51.1 Å². The first kappa shape index (κ1) is 11.2. The predicted molar refractivity (Wildman–Crippen MR) is 65.1 cm³/mol. The Morgan fingerprint density at radius 2 is 2.27 bits per heavy atom. The number of nitrogens with zero attached hydrogens (tertiary/aromatic N) is 1. The minimum atomic E-state index is 0.776. The van der Waals surface area contributed by atoms with Gasteiger partial charge in [0.1, 0.15) is 0 Å². The monoisotopic (exact) mass is 208 g/mol. The van der Waals surface area contributed by atoms with Crippen LogP contribution in [0.5, 0.6) is 0 Å². The van der Waals surface area contributed by atoms with Crippen LogP contribution in [-0.2, 0) is 0 Å². The maximum Gasteiger partial charge on any atom is 0.0249 e. The highest BCUT2D eigenvalue weighted by Crippen LogP contribution is 2.25. The van der Waals surface area contributed by atoms with Gasteiger partial charge in [0.25, 0.3) is 0 Å². The summed E-state index contributed by atoms with van der Waals surface area (Å²) in [6, 6.07) is 1.59. The van der Waals surface area contributed by atoms with Gasteiger partial charge in [0.2, 0.25) is 0 Å². The lowest BCUT2D eigenvalue weighted by Crippen LogP contribution is -2.44. The van der Waals surface area contributed by atoms with E-state index in [0.29, 0.717) is 0 Å². The minimum Gasteiger partial charge on any atom is -0.312 e. The van der Waals surface area contributed by atoms with E-state index in [1.165, 1.54) is 57.3 Å². The van der Waals surface area contributed by atoms with Gasteiger partial charge in [0.15, 0.2) is 0 Å². The Morgan fingerprint density at radius 1 is 1.40 bits per heavy atom. The van der Waals surface area contributed by atoms with Crippen molar-refractivity contribution in [2.75, 3.05) is 19.6 Å². The molecule has 2 heteroatoms. The lowest BCUT2D eigenvalue weighted by atomic mass is 10.0. The molecule has 1 N–H and O–H groups in total. The van der Waals surface area contributed by atoms with Crippen LogP contribution in [0, 0.1) is 0 Å². The summed E-state index contributed by atoms with van der Waals surface area (Å²) in [7, 11) is 0.